The molecule has 1 fully saturated rings. The first-order valence-electron chi connectivity index (χ1n) is 8.31. The first-order valence-corrected chi connectivity index (χ1v) is 8.31. The maximum absolute atomic E-state index is 12.2. The Balaban J connectivity index is 1.51. The molecule has 0 spiro atoms. The van der Waals surface area contributed by atoms with Crippen LogP contribution in [0, 0.1) is 5.92 Å². The van der Waals surface area contributed by atoms with Crippen LogP contribution in [0.1, 0.15) is 24.8 Å². The molecule has 1 unspecified atom stereocenters. The molecule has 6 heteroatoms. The molecule has 1 aliphatic rings. The molecule has 1 aromatic heterocycles. The van der Waals surface area contributed by atoms with Gasteiger partial charge in [-0.2, -0.15) is 5.10 Å². The summed E-state index contributed by atoms with van der Waals surface area (Å²) >= 11 is 0. The molecule has 1 atom stereocenters. The van der Waals surface area contributed by atoms with E-state index in [9.17, 15) is 9.59 Å². The van der Waals surface area contributed by atoms with Crippen molar-refractivity contribution in [1.29, 1.82) is 0 Å². The van der Waals surface area contributed by atoms with Crippen LogP contribution in [0.3, 0.4) is 0 Å². The van der Waals surface area contributed by atoms with Gasteiger partial charge in [-0.25, -0.2) is 5.10 Å². The summed E-state index contributed by atoms with van der Waals surface area (Å²) in [5.41, 5.74) is 1.73. The lowest BCUT2D eigenvalue weighted by Crippen LogP contribution is -2.38. The molecule has 1 aromatic carbocycles. The quantitative estimate of drug-likeness (QED) is 0.876. The molecule has 2 N–H and O–H groups in total. The minimum atomic E-state index is -0.199. The number of rotatable bonds is 5. The molecule has 2 heterocycles. The molecule has 0 bridgehead atoms. The second kappa shape index (κ2) is 7.77. The fraction of sp³-hybridized carbons (Fsp3) is 0.389. The molecule has 126 valence electrons. The van der Waals surface area contributed by atoms with E-state index in [0.717, 1.165) is 37.2 Å². The summed E-state index contributed by atoms with van der Waals surface area (Å²) in [4.78, 5) is 25.7. The van der Waals surface area contributed by atoms with Gasteiger partial charge in [0.1, 0.15) is 0 Å². The number of carbonyl (C=O) groups excluding carboxylic acids is 1. The van der Waals surface area contributed by atoms with Crippen molar-refractivity contribution in [2.45, 2.75) is 25.8 Å². The van der Waals surface area contributed by atoms with Crippen LogP contribution >= 0.6 is 0 Å². The highest BCUT2D eigenvalue weighted by Gasteiger charge is 2.22. The van der Waals surface area contributed by atoms with E-state index in [-0.39, 0.29) is 11.5 Å². The van der Waals surface area contributed by atoms with Crippen molar-refractivity contribution >= 4 is 11.6 Å². The minimum Gasteiger partial charge on any atom is -0.370 e. The molecular weight excluding hydrogens is 304 g/mol. The summed E-state index contributed by atoms with van der Waals surface area (Å²) in [5, 5.41) is 9.23. The molecule has 1 saturated heterocycles. The summed E-state index contributed by atoms with van der Waals surface area (Å²) in [6.07, 6.45) is 4.23. The van der Waals surface area contributed by atoms with Gasteiger partial charge in [-0.1, -0.05) is 30.3 Å². The summed E-state index contributed by atoms with van der Waals surface area (Å²) in [5.74, 6) is 0.378. The number of nitrogens with one attached hydrogen (secondary N) is 2. The van der Waals surface area contributed by atoms with E-state index in [2.05, 4.69) is 20.4 Å². The SMILES string of the molecule is O=C(CC1CCCN(c2cn[nH]c(=O)c2)C1)NCc1ccccc1. The van der Waals surface area contributed by atoms with Crippen LogP contribution in [0.5, 0.6) is 0 Å². The number of benzene rings is 1. The van der Waals surface area contributed by atoms with Crippen molar-refractivity contribution in [3.05, 3.63) is 58.5 Å². The number of piperidine rings is 1. The van der Waals surface area contributed by atoms with Crippen molar-refractivity contribution in [2.75, 3.05) is 18.0 Å². The third-order valence-electron chi connectivity index (χ3n) is 4.34. The zero-order valence-corrected chi connectivity index (χ0v) is 13.6. The fourth-order valence-electron chi connectivity index (χ4n) is 3.14. The van der Waals surface area contributed by atoms with E-state index in [1.807, 2.05) is 30.3 Å². The van der Waals surface area contributed by atoms with E-state index in [0.29, 0.717) is 18.9 Å². The molecule has 1 amide bonds. The van der Waals surface area contributed by atoms with E-state index in [1.165, 1.54) is 0 Å². The average Bonchev–Trinajstić information content (AvgIpc) is 2.61. The van der Waals surface area contributed by atoms with Gasteiger partial charge in [-0.05, 0) is 24.3 Å². The molecule has 24 heavy (non-hydrogen) atoms. The minimum absolute atomic E-state index is 0.0785. The second-order valence-corrected chi connectivity index (χ2v) is 6.22. The number of aromatic nitrogens is 2. The van der Waals surface area contributed by atoms with Gasteiger partial charge in [-0.15, -0.1) is 0 Å². The summed E-state index contributed by atoms with van der Waals surface area (Å²) in [6.45, 7) is 2.24. The van der Waals surface area contributed by atoms with Crippen LogP contribution < -0.4 is 15.8 Å². The summed E-state index contributed by atoms with van der Waals surface area (Å²) in [7, 11) is 0. The van der Waals surface area contributed by atoms with Gasteiger partial charge in [0, 0.05) is 32.1 Å². The van der Waals surface area contributed by atoms with Crippen LogP contribution in [0.4, 0.5) is 5.69 Å². The van der Waals surface area contributed by atoms with E-state index in [4.69, 9.17) is 0 Å². The number of anilines is 1. The number of hydrogen-bond acceptors (Lipinski definition) is 4. The van der Waals surface area contributed by atoms with Gasteiger partial charge in [0.2, 0.25) is 5.91 Å². The lowest BCUT2D eigenvalue weighted by Gasteiger charge is -2.33. The largest absolute Gasteiger partial charge is 0.370 e. The van der Waals surface area contributed by atoms with Gasteiger partial charge in [0.15, 0.2) is 0 Å². The van der Waals surface area contributed by atoms with Gasteiger partial charge in [0.25, 0.3) is 5.56 Å². The number of H-pyrrole nitrogens is 1. The Morgan fingerprint density at radius 2 is 2.17 bits per heavy atom. The maximum Gasteiger partial charge on any atom is 0.266 e. The molecule has 1 aliphatic heterocycles. The maximum atomic E-state index is 12.2. The van der Waals surface area contributed by atoms with E-state index in [1.54, 1.807) is 12.3 Å². The van der Waals surface area contributed by atoms with Gasteiger partial charge >= 0.3 is 0 Å². The number of nitrogens with zero attached hydrogens (tertiary/aromatic N) is 2. The predicted octanol–water partition coefficient (Wildman–Crippen LogP) is 1.69. The van der Waals surface area contributed by atoms with Crippen LogP contribution in [0.25, 0.3) is 0 Å². The normalized spacial score (nSPS) is 17.5. The Morgan fingerprint density at radius 1 is 1.33 bits per heavy atom. The zero-order valence-electron chi connectivity index (χ0n) is 13.6. The zero-order chi connectivity index (χ0) is 16.8. The van der Waals surface area contributed by atoms with Crippen LogP contribution in [-0.2, 0) is 11.3 Å². The topological polar surface area (TPSA) is 78.1 Å². The Morgan fingerprint density at radius 3 is 2.96 bits per heavy atom. The van der Waals surface area contributed by atoms with Crippen molar-refractivity contribution in [2.24, 2.45) is 5.92 Å². The number of carbonyl (C=O) groups is 1. The Bertz CT molecular complexity index is 729. The molecule has 0 radical (unpaired) electrons. The number of amides is 1. The average molecular weight is 326 g/mol. The van der Waals surface area contributed by atoms with Crippen LogP contribution in [-0.4, -0.2) is 29.2 Å². The van der Waals surface area contributed by atoms with Crippen molar-refractivity contribution in [3.63, 3.8) is 0 Å². The molecule has 2 aromatic rings. The van der Waals surface area contributed by atoms with E-state index >= 15 is 0 Å². The van der Waals surface area contributed by atoms with Gasteiger partial charge in [-0.3, -0.25) is 9.59 Å². The number of hydrogen-bond donors (Lipinski definition) is 2. The lowest BCUT2D eigenvalue weighted by molar-refractivity contribution is -0.122. The highest BCUT2D eigenvalue weighted by Crippen LogP contribution is 2.23. The molecule has 6 nitrogen and oxygen atoms in total. The molecule has 3 rings (SSSR count). The second-order valence-electron chi connectivity index (χ2n) is 6.22. The van der Waals surface area contributed by atoms with Gasteiger partial charge < -0.3 is 10.2 Å². The molecule has 0 aliphatic carbocycles. The van der Waals surface area contributed by atoms with Crippen molar-refractivity contribution < 1.29 is 4.79 Å². The first kappa shape index (κ1) is 16.2. The van der Waals surface area contributed by atoms with Crippen LogP contribution in [0.2, 0.25) is 0 Å². The fourth-order valence-corrected chi connectivity index (χ4v) is 3.14. The third kappa shape index (κ3) is 4.44. The third-order valence-corrected chi connectivity index (χ3v) is 4.34. The van der Waals surface area contributed by atoms with E-state index < -0.39 is 0 Å². The standard InChI is InChI=1S/C18H22N4O2/c23-17(19-11-14-5-2-1-3-6-14)9-15-7-4-8-22(13-15)16-10-18(24)21-20-12-16/h1-3,5-6,10,12,15H,4,7-9,11,13H2,(H,19,23)(H,21,24). The smallest absolute Gasteiger partial charge is 0.266 e. The first-order chi connectivity index (χ1) is 11.7. The highest BCUT2D eigenvalue weighted by atomic mass is 16.1. The lowest BCUT2D eigenvalue weighted by atomic mass is 9.94. The Labute approximate surface area is 140 Å². The Kier molecular flexibility index (Phi) is 5.25. The predicted molar refractivity (Wildman–Crippen MR) is 92.7 cm³/mol. The van der Waals surface area contributed by atoms with Crippen molar-refractivity contribution in [3.8, 4) is 0 Å². The summed E-state index contributed by atoms with van der Waals surface area (Å²) < 4.78 is 0. The molecule has 0 saturated carbocycles. The molecular formula is C18H22N4O2. The Hall–Kier alpha value is -2.63. The highest BCUT2D eigenvalue weighted by molar-refractivity contribution is 5.76. The van der Waals surface area contributed by atoms with Crippen molar-refractivity contribution in [1.82, 2.24) is 15.5 Å². The van der Waals surface area contributed by atoms with Crippen LogP contribution in [0.15, 0.2) is 47.4 Å². The monoisotopic (exact) mass is 326 g/mol. The summed E-state index contributed by atoms with van der Waals surface area (Å²) in [6, 6.07) is 11.5. The number of aromatic amines is 1. The van der Waals surface area contributed by atoms with Gasteiger partial charge in [0.05, 0.1) is 11.9 Å².